The number of hydrogen-bond donors (Lipinski definition) is 0. The third-order valence-electron chi connectivity index (χ3n) is 14.3. The number of rotatable bonds is 60. The van der Waals surface area contributed by atoms with Crippen LogP contribution in [0.1, 0.15) is 303 Å². The second-order valence-electron chi connectivity index (χ2n) is 23.1. The van der Waals surface area contributed by atoms with Crippen molar-refractivity contribution in [2.75, 3.05) is 47.5 Å². The number of phosphoric acid groups is 1. The third kappa shape index (κ3) is 62.8. The van der Waals surface area contributed by atoms with Gasteiger partial charge in [-0.15, -0.1) is 0 Å². The molecule has 0 fully saturated rings. The molecule has 9 nitrogen and oxygen atoms in total. The molecule has 0 spiro atoms. The maximum absolute atomic E-state index is 12.8. The van der Waals surface area contributed by atoms with Crippen LogP contribution in [0.15, 0.2) is 60.8 Å². The average Bonchev–Trinajstić information content (AvgIpc) is 3.39. The van der Waals surface area contributed by atoms with Gasteiger partial charge in [0.15, 0.2) is 6.10 Å². The van der Waals surface area contributed by atoms with Gasteiger partial charge in [-0.1, -0.05) is 293 Å². The molecule has 0 saturated carbocycles. The van der Waals surface area contributed by atoms with E-state index in [0.29, 0.717) is 17.4 Å². The zero-order valence-corrected chi connectivity index (χ0v) is 52.1. The highest BCUT2D eigenvalue weighted by Gasteiger charge is 2.22. The molecular formula is C67H124NO8P. The Morgan fingerprint density at radius 3 is 1.10 bits per heavy atom. The largest absolute Gasteiger partial charge is 0.756 e. The minimum absolute atomic E-state index is 0.0288. The standard InChI is InChI=1S/C67H124NO8P/c1-6-8-10-12-14-16-18-20-22-24-26-27-28-29-30-31-32-33-34-35-36-37-38-39-40-41-42-44-46-48-50-52-54-56-58-60-67(70)76-65(64-75-77(71,72)74-62-61-68(3,4)5)63-73-66(69)59-57-55-53-51-49-47-45-43-25-23-21-19-17-15-13-11-9-7-2/h8,10,14,16,20,22,26-27,29-30,65H,6-7,9,11-13,15,17-19,21,23-25,28,31-64H2,1-5H3/b10-8-,16-14-,22-20-,27-26-,30-29-. The van der Waals surface area contributed by atoms with Crippen molar-refractivity contribution in [2.45, 2.75) is 309 Å². The van der Waals surface area contributed by atoms with Gasteiger partial charge in [-0.05, 0) is 57.8 Å². The Balaban J connectivity index is 3.99. The summed E-state index contributed by atoms with van der Waals surface area (Å²) in [4.78, 5) is 37.9. The smallest absolute Gasteiger partial charge is 0.306 e. The van der Waals surface area contributed by atoms with Gasteiger partial charge in [-0.2, -0.15) is 0 Å². The number of carbonyl (C=O) groups excluding carboxylic acids is 2. The van der Waals surface area contributed by atoms with Gasteiger partial charge in [-0.3, -0.25) is 14.2 Å². The summed E-state index contributed by atoms with van der Waals surface area (Å²) in [7, 11) is 1.18. The molecule has 0 aromatic rings. The van der Waals surface area contributed by atoms with E-state index in [9.17, 15) is 19.0 Å². The monoisotopic (exact) mass is 1100 g/mol. The van der Waals surface area contributed by atoms with Gasteiger partial charge in [0.2, 0.25) is 0 Å². The zero-order chi connectivity index (χ0) is 56.3. The number of carbonyl (C=O) groups is 2. The van der Waals surface area contributed by atoms with Crippen LogP contribution in [0.4, 0.5) is 0 Å². The summed E-state index contributed by atoms with van der Waals surface area (Å²) in [5, 5.41) is 0. The molecule has 0 amide bonds. The highest BCUT2D eigenvalue weighted by Crippen LogP contribution is 2.38. The minimum Gasteiger partial charge on any atom is -0.756 e. The topological polar surface area (TPSA) is 111 Å². The molecule has 0 aromatic carbocycles. The molecule has 2 atom stereocenters. The molecule has 0 aromatic heterocycles. The van der Waals surface area contributed by atoms with E-state index in [1.54, 1.807) is 0 Å². The molecule has 2 unspecified atom stereocenters. The molecule has 0 rings (SSSR count). The highest BCUT2D eigenvalue weighted by molar-refractivity contribution is 7.45. The quantitative estimate of drug-likeness (QED) is 0.0195. The van der Waals surface area contributed by atoms with Crippen LogP contribution in [0.25, 0.3) is 0 Å². The van der Waals surface area contributed by atoms with E-state index in [-0.39, 0.29) is 32.0 Å². The summed E-state index contributed by atoms with van der Waals surface area (Å²) in [5.74, 6) is -0.816. The molecule has 0 heterocycles. The van der Waals surface area contributed by atoms with E-state index >= 15 is 0 Å². The summed E-state index contributed by atoms with van der Waals surface area (Å²) in [5.41, 5.74) is 0. The Morgan fingerprint density at radius 1 is 0.416 bits per heavy atom. The van der Waals surface area contributed by atoms with Crippen molar-refractivity contribution in [1.29, 1.82) is 0 Å². The first-order chi connectivity index (χ1) is 37.5. The lowest BCUT2D eigenvalue weighted by atomic mass is 10.0. The number of esters is 2. The average molecular weight is 1100 g/mol. The predicted molar refractivity (Wildman–Crippen MR) is 328 cm³/mol. The summed E-state index contributed by atoms with van der Waals surface area (Å²) in [6, 6.07) is 0. The van der Waals surface area contributed by atoms with Crippen LogP contribution < -0.4 is 4.89 Å². The first kappa shape index (κ1) is 74.7. The third-order valence-corrected chi connectivity index (χ3v) is 15.3. The van der Waals surface area contributed by atoms with Crippen molar-refractivity contribution >= 4 is 19.8 Å². The van der Waals surface area contributed by atoms with E-state index in [2.05, 4.69) is 74.6 Å². The maximum Gasteiger partial charge on any atom is 0.306 e. The molecule has 450 valence electrons. The first-order valence-electron chi connectivity index (χ1n) is 32.5. The molecule has 10 heteroatoms. The van der Waals surface area contributed by atoms with Crippen molar-refractivity contribution in [1.82, 2.24) is 0 Å². The lowest BCUT2D eigenvalue weighted by Gasteiger charge is -2.28. The van der Waals surface area contributed by atoms with Gasteiger partial charge < -0.3 is 27.9 Å². The lowest BCUT2D eigenvalue weighted by molar-refractivity contribution is -0.870. The van der Waals surface area contributed by atoms with Crippen LogP contribution in [-0.4, -0.2) is 70.0 Å². The van der Waals surface area contributed by atoms with Crippen molar-refractivity contribution in [3.8, 4) is 0 Å². The zero-order valence-electron chi connectivity index (χ0n) is 51.2. The maximum atomic E-state index is 12.8. The minimum atomic E-state index is -4.64. The Morgan fingerprint density at radius 2 is 0.740 bits per heavy atom. The van der Waals surface area contributed by atoms with Crippen LogP contribution in [0, 0.1) is 0 Å². The van der Waals surface area contributed by atoms with E-state index in [1.807, 2.05) is 21.1 Å². The van der Waals surface area contributed by atoms with Crippen LogP contribution >= 0.6 is 7.82 Å². The fourth-order valence-corrected chi connectivity index (χ4v) is 10.1. The molecule has 0 aliphatic rings. The number of phosphoric ester groups is 1. The fraction of sp³-hybridized carbons (Fsp3) is 0.821. The molecule has 0 saturated heterocycles. The Hall–Kier alpha value is -2.29. The van der Waals surface area contributed by atoms with Crippen LogP contribution in [0.2, 0.25) is 0 Å². The normalized spacial score (nSPS) is 13.6. The molecule has 0 bridgehead atoms. The molecule has 77 heavy (non-hydrogen) atoms. The summed E-state index contributed by atoms with van der Waals surface area (Å²) in [6.07, 6.45) is 75.7. The van der Waals surface area contributed by atoms with Crippen molar-refractivity contribution in [3.05, 3.63) is 60.8 Å². The fourth-order valence-electron chi connectivity index (χ4n) is 9.33. The van der Waals surface area contributed by atoms with Crippen molar-refractivity contribution in [3.63, 3.8) is 0 Å². The number of unbranched alkanes of at least 4 members (excludes halogenated alkanes) is 36. The molecular weight excluding hydrogens is 978 g/mol. The van der Waals surface area contributed by atoms with Gasteiger partial charge in [0.25, 0.3) is 7.82 Å². The van der Waals surface area contributed by atoms with Crippen LogP contribution in [-0.2, 0) is 32.7 Å². The highest BCUT2D eigenvalue weighted by atomic mass is 31.2. The van der Waals surface area contributed by atoms with Crippen LogP contribution in [0.3, 0.4) is 0 Å². The second-order valence-corrected chi connectivity index (χ2v) is 24.5. The Kier molecular flexibility index (Phi) is 56.6. The number of allylic oxidation sites excluding steroid dienone is 10. The summed E-state index contributed by atoms with van der Waals surface area (Å²) < 4.78 is 34.2. The number of ether oxygens (including phenoxy) is 2. The number of quaternary nitrogens is 1. The van der Waals surface area contributed by atoms with E-state index < -0.39 is 26.5 Å². The lowest BCUT2D eigenvalue weighted by Crippen LogP contribution is -2.37. The molecule has 0 aliphatic heterocycles. The van der Waals surface area contributed by atoms with E-state index in [0.717, 1.165) is 70.6 Å². The summed E-state index contributed by atoms with van der Waals surface area (Å²) in [6.45, 7) is 4.17. The first-order valence-corrected chi connectivity index (χ1v) is 34.0. The Labute approximate surface area is 476 Å². The van der Waals surface area contributed by atoms with Gasteiger partial charge in [0, 0.05) is 12.8 Å². The molecule has 0 aliphatic carbocycles. The van der Waals surface area contributed by atoms with E-state index in [4.69, 9.17) is 18.5 Å². The SMILES string of the molecule is CC/C=C\C/C=C\C/C=C\C/C=C\C/C=C\CCCCCCCCCCCCCCCCCCCCCC(=O)OC(COC(=O)CCCCCCCCCCCCCCCCCCCC)COP(=O)([O-])OCC[N+](C)(C)C. The summed E-state index contributed by atoms with van der Waals surface area (Å²) >= 11 is 0. The van der Waals surface area contributed by atoms with Crippen molar-refractivity contribution < 1.29 is 42.1 Å². The predicted octanol–water partition coefficient (Wildman–Crippen LogP) is 20.0. The van der Waals surface area contributed by atoms with Gasteiger partial charge in [-0.25, -0.2) is 0 Å². The number of likely N-dealkylation sites (N-methyl/N-ethyl adjacent to an activating group) is 1. The second kappa shape index (κ2) is 58.4. The van der Waals surface area contributed by atoms with Crippen LogP contribution in [0.5, 0.6) is 0 Å². The van der Waals surface area contributed by atoms with Gasteiger partial charge in [0.1, 0.15) is 19.8 Å². The van der Waals surface area contributed by atoms with E-state index in [1.165, 1.54) is 199 Å². The molecule has 0 radical (unpaired) electrons. The van der Waals surface area contributed by atoms with Gasteiger partial charge >= 0.3 is 11.9 Å². The number of hydrogen-bond acceptors (Lipinski definition) is 8. The molecule has 0 N–H and O–H groups in total. The Bertz CT molecular complexity index is 1480. The van der Waals surface area contributed by atoms with Gasteiger partial charge in [0.05, 0.1) is 27.7 Å². The van der Waals surface area contributed by atoms with Crippen molar-refractivity contribution in [2.24, 2.45) is 0 Å². The number of nitrogens with zero attached hydrogens (tertiary/aromatic N) is 1.